The molecule has 1 N–H and O–H groups in total. The highest BCUT2D eigenvalue weighted by atomic mass is 16.1. The van der Waals surface area contributed by atoms with Gasteiger partial charge in [-0.2, -0.15) is 10.5 Å². The Labute approximate surface area is 152 Å². The minimum absolute atomic E-state index is 0.0146. The topological polar surface area (TPSA) is 92.8 Å². The van der Waals surface area contributed by atoms with Gasteiger partial charge in [0.05, 0.1) is 16.8 Å². The number of piperidine rings is 1. The lowest BCUT2D eigenvalue weighted by Gasteiger charge is -2.33. The van der Waals surface area contributed by atoms with Crippen molar-refractivity contribution in [1.82, 2.24) is 4.98 Å². The van der Waals surface area contributed by atoms with Crippen molar-refractivity contribution in [3.63, 3.8) is 0 Å². The number of benzene rings is 1. The number of hydrogen-bond donors (Lipinski definition) is 1. The number of carbonyl (C=O) groups excluding carboxylic acids is 1. The largest absolute Gasteiger partial charge is 0.381 e. The van der Waals surface area contributed by atoms with E-state index < -0.39 is 0 Å². The van der Waals surface area contributed by atoms with Crippen molar-refractivity contribution in [3.8, 4) is 12.1 Å². The fourth-order valence-electron chi connectivity index (χ4n) is 3.09. The van der Waals surface area contributed by atoms with Crippen molar-refractivity contribution >= 4 is 17.3 Å². The van der Waals surface area contributed by atoms with Crippen LogP contribution in [0.3, 0.4) is 0 Å². The summed E-state index contributed by atoms with van der Waals surface area (Å²) in [6, 6.07) is 13.3. The van der Waals surface area contributed by atoms with Crippen LogP contribution in [0.4, 0.5) is 11.5 Å². The molecule has 6 nitrogen and oxygen atoms in total. The van der Waals surface area contributed by atoms with Crippen LogP contribution in [0.15, 0.2) is 36.5 Å². The Morgan fingerprint density at radius 1 is 1.19 bits per heavy atom. The summed E-state index contributed by atoms with van der Waals surface area (Å²) >= 11 is 0. The summed E-state index contributed by atoms with van der Waals surface area (Å²) in [5.41, 5.74) is 2.42. The van der Waals surface area contributed by atoms with Crippen molar-refractivity contribution in [3.05, 3.63) is 53.2 Å². The van der Waals surface area contributed by atoms with E-state index in [2.05, 4.69) is 27.3 Å². The number of rotatable bonds is 4. The zero-order chi connectivity index (χ0) is 18.5. The highest BCUT2D eigenvalue weighted by Gasteiger charge is 2.21. The molecule has 1 fully saturated rings. The Hall–Kier alpha value is -3.38. The van der Waals surface area contributed by atoms with E-state index in [4.69, 9.17) is 5.26 Å². The van der Waals surface area contributed by atoms with Crippen LogP contribution in [0, 0.1) is 22.7 Å². The first kappa shape index (κ1) is 17.4. The fourth-order valence-corrected chi connectivity index (χ4v) is 3.09. The highest BCUT2D eigenvalue weighted by molar-refractivity contribution is 5.95. The van der Waals surface area contributed by atoms with Gasteiger partial charge in [0.1, 0.15) is 18.0 Å². The summed E-state index contributed by atoms with van der Waals surface area (Å²) in [6.45, 7) is 3.20. The molecule has 1 aromatic carbocycles. The SMILES string of the molecule is CC(=O)c1ccc(C#N)c(NC2CCN(c3ccc(C#N)cn3)CC2)c1. The fraction of sp³-hybridized carbons (Fsp3) is 0.300. The van der Waals surface area contributed by atoms with Gasteiger partial charge in [0.15, 0.2) is 5.78 Å². The minimum atomic E-state index is -0.0146. The van der Waals surface area contributed by atoms with Gasteiger partial charge in [-0.05, 0) is 50.1 Å². The lowest BCUT2D eigenvalue weighted by molar-refractivity contribution is 0.101. The monoisotopic (exact) mass is 345 g/mol. The Morgan fingerprint density at radius 3 is 2.54 bits per heavy atom. The van der Waals surface area contributed by atoms with Crippen molar-refractivity contribution in [2.24, 2.45) is 0 Å². The molecule has 1 saturated heterocycles. The Balaban J connectivity index is 1.65. The molecule has 0 atom stereocenters. The molecule has 2 heterocycles. The van der Waals surface area contributed by atoms with Gasteiger partial charge in [-0.25, -0.2) is 4.98 Å². The van der Waals surface area contributed by atoms with Crippen LogP contribution in [0.25, 0.3) is 0 Å². The lowest BCUT2D eigenvalue weighted by atomic mass is 10.0. The van der Waals surface area contributed by atoms with E-state index in [0.717, 1.165) is 37.4 Å². The predicted molar refractivity (Wildman–Crippen MR) is 99.0 cm³/mol. The Morgan fingerprint density at radius 2 is 1.96 bits per heavy atom. The summed E-state index contributed by atoms with van der Waals surface area (Å²) in [6.07, 6.45) is 3.39. The number of anilines is 2. The van der Waals surface area contributed by atoms with E-state index in [1.54, 1.807) is 30.5 Å². The molecule has 6 heteroatoms. The maximum atomic E-state index is 11.6. The number of nitriles is 2. The zero-order valence-electron chi connectivity index (χ0n) is 14.6. The molecule has 0 aliphatic carbocycles. The Bertz CT molecular complexity index is 884. The molecule has 1 aliphatic rings. The number of carbonyl (C=O) groups is 1. The third kappa shape index (κ3) is 3.81. The molecule has 2 aromatic rings. The second-order valence-corrected chi connectivity index (χ2v) is 6.35. The lowest BCUT2D eigenvalue weighted by Crippen LogP contribution is -2.39. The van der Waals surface area contributed by atoms with Crippen molar-refractivity contribution in [2.75, 3.05) is 23.3 Å². The molecule has 3 rings (SSSR count). The van der Waals surface area contributed by atoms with Gasteiger partial charge in [0, 0.05) is 30.9 Å². The van der Waals surface area contributed by atoms with E-state index in [-0.39, 0.29) is 11.8 Å². The van der Waals surface area contributed by atoms with Crippen LogP contribution < -0.4 is 10.2 Å². The first-order valence-corrected chi connectivity index (χ1v) is 8.53. The van der Waals surface area contributed by atoms with Crippen LogP contribution in [-0.2, 0) is 0 Å². The molecule has 0 amide bonds. The molecule has 0 bridgehead atoms. The predicted octanol–water partition coefficient (Wildman–Crippen LogP) is 3.11. The molecule has 0 spiro atoms. The number of ketones is 1. The van der Waals surface area contributed by atoms with Gasteiger partial charge in [-0.1, -0.05) is 0 Å². The normalized spacial score (nSPS) is 14.3. The van der Waals surface area contributed by atoms with Gasteiger partial charge in [-0.3, -0.25) is 4.79 Å². The summed E-state index contributed by atoms with van der Waals surface area (Å²) in [7, 11) is 0. The van der Waals surface area contributed by atoms with Gasteiger partial charge < -0.3 is 10.2 Å². The standard InChI is InChI=1S/C20H19N5O/c1-14(26)16-3-4-17(12-22)19(10-16)24-18-6-8-25(9-7-18)20-5-2-15(11-21)13-23-20/h2-5,10,13,18,24H,6-9H2,1H3. The average molecular weight is 345 g/mol. The highest BCUT2D eigenvalue weighted by Crippen LogP contribution is 2.24. The molecular weight excluding hydrogens is 326 g/mol. The third-order valence-corrected chi connectivity index (χ3v) is 4.60. The zero-order valence-corrected chi connectivity index (χ0v) is 14.6. The summed E-state index contributed by atoms with van der Waals surface area (Å²) < 4.78 is 0. The van der Waals surface area contributed by atoms with Crippen LogP contribution in [0.1, 0.15) is 41.3 Å². The molecule has 1 aromatic heterocycles. The van der Waals surface area contributed by atoms with Gasteiger partial charge in [0.25, 0.3) is 0 Å². The number of nitrogens with zero attached hydrogens (tertiary/aromatic N) is 4. The quantitative estimate of drug-likeness (QED) is 0.856. The third-order valence-electron chi connectivity index (χ3n) is 4.60. The minimum Gasteiger partial charge on any atom is -0.381 e. The van der Waals surface area contributed by atoms with Gasteiger partial charge in [0.2, 0.25) is 0 Å². The smallest absolute Gasteiger partial charge is 0.159 e. The maximum Gasteiger partial charge on any atom is 0.159 e. The van der Waals surface area contributed by atoms with E-state index in [9.17, 15) is 10.1 Å². The van der Waals surface area contributed by atoms with Gasteiger partial charge >= 0.3 is 0 Å². The number of hydrogen-bond acceptors (Lipinski definition) is 6. The average Bonchev–Trinajstić information content (AvgIpc) is 2.68. The molecule has 0 saturated carbocycles. The number of aromatic nitrogens is 1. The van der Waals surface area contributed by atoms with Crippen molar-refractivity contribution < 1.29 is 4.79 Å². The molecular formula is C20H19N5O. The molecule has 0 unspecified atom stereocenters. The maximum absolute atomic E-state index is 11.6. The van der Waals surface area contributed by atoms with Crippen LogP contribution >= 0.6 is 0 Å². The Kier molecular flexibility index (Phi) is 5.15. The van der Waals surface area contributed by atoms with Crippen LogP contribution in [-0.4, -0.2) is 29.9 Å². The summed E-state index contributed by atoms with van der Waals surface area (Å²) in [5, 5.41) is 21.6. The molecule has 1 aliphatic heterocycles. The number of Topliss-reactive ketones (excluding diaryl/α,β-unsaturated/α-hetero) is 1. The van der Waals surface area contributed by atoms with E-state index in [1.165, 1.54) is 6.92 Å². The number of nitrogens with one attached hydrogen (secondary N) is 1. The second kappa shape index (κ2) is 7.67. The van der Waals surface area contributed by atoms with E-state index >= 15 is 0 Å². The first-order chi connectivity index (χ1) is 12.6. The second-order valence-electron chi connectivity index (χ2n) is 6.35. The van der Waals surface area contributed by atoms with E-state index in [1.807, 2.05) is 6.07 Å². The molecule has 26 heavy (non-hydrogen) atoms. The van der Waals surface area contributed by atoms with Crippen LogP contribution in [0.2, 0.25) is 0 Å². The van der Waals surface area contributed by atoms with Gasteiger partial charge in [-0.15, -0.1) is 0 Å². The van der Waals surface area contributed by atoms with Crippen LogP contribution in [0.5, 0.6) is 0 Å². The molecule has 0 radical (unpaired) electrons. The first-order valence-electron chi connectivity index (χ1n) is 8.53. The van der Waals surface area contributed by atoms with Crippen molar-refractivity contribution in [2.45, 2.75) is 25.8 Å². The summed E-state index contributed by atoms with van der Waals surface area (Å²) in [4.78, 5) is 18.1. The molecule has 130 valence electrons. The van der Waals surface area contributed by atoms with Crippen molar-refractivity contribution in [1.29, 1.82) is 10.5 Å². The number of pyridine rings is 1. The van der Waals surface area contributed by atoms with E-state index in [0.29, 0.717) is 16.7 Å². The summed E-state index contributed by atoms with van der Waals surface area (Å²) in [5.74, 6) is 0.859.